The topological polar surface area (TPSA) is 59.8 Å². The Bertz CT molecular complexity index is 693. The van der Waals surface area contributed by atoms with Gasteiger partial charge >= 0.3 is 5.97 Å². The number of rotatable bonds is 4. The van der Waals surface area contributed by atoms with Crippen molar-refractivity contribution in [3.63, 3.8) is 0 Å². The van der Waals surface area contributed by atoms with E-state index in [0.717, 1.165) is 4.90 Å². The van der Waals surface area contributed by atoms with Gasteiger partial charge in [0.2, 0.25) is 0 Å². The Hall–Kier alpha value is -2.34. The number of hydrogen-bond acceptors (Lipinski definition) is 4. The van der Waals surface area contributed by atoms with Crippen molar-refractivity contribution in [2.45, 2.75) is 0 Å². The lowest BCUT2D eigenvalue weighted by Gasteiger charge is -2.13. The highest BCUT2D eigenvalue weighted by Crippen LogP contribution is 2.26. The predicted octanol–water partition coefficient (Wildman–Crippen LogP) is 2.98. The molecule has 2 rings (SSSR count). The van der Waals surface area contributed by atoms with Gasteiger partial charge in [-0.05, 0) is 30.3 Å². The normalized spacial score (nSPS) is 10.4. The quantitative estimate of drug-likeness (QED) is 0.811. The molecule has 0 N–H and O–H groups in total. The molecule has 1 heterocycles. The van der Waals surface area contributed by atoms with Crippen LogP contribution in [-0.2, 0) is 9.53 Å². The molecule has 0 unspecified atom stereocenters. The van der Waals surface area contributed by atoms with Gasteiger partial charge in [-0.25, -0.2) is 4.39 Å². The van der Waals surface area contributed by atoms with Gasteiger partial charge in [0.15, 0.2) is 5.76 Å². The van der Waals surface area contributed by atoms with Crippen molar-refractivity contribution in [3.8, 4) is 11.3 Å². The second-order valence-electron chi connectivity index (χ2n) is 4.56. The summed E-state index contributed by atoms with van der Waals surface area (Å²) < 4.78 is 23.2. The molecule has 0 aliphatic heterocycles. The summed E-state index contributed by atoms with van der Waals surface area (Å²) in [4.78, 5) is 24.4. The average molecular weight is 326 g/mol. The van der Waals surface area contributed by atoms with Gasteiger partial charge in [-0.2, -0.15) is 0 Å². The smallest absolute Gasteiger partial charge is 0.325 e. The first-order valence-corrected chi connectivity index (χ1v) is 6.67. The summed E-state index contributed by atoms with van der Waals surface area (Å²) in [6.45, 7) is -0.197. The lowest BCUT2D eigenvalue weighted by Crippen LogP contribution is -2.32. The molecule has 116 valence electrons. The van der Waals surface area contributed by atoms with Crippen molar-refractivity contribution >= 4 is 23.5 Å². The maximum Gasteiger partial charge on any atom is 0.325 e. The van der Waals surface area contributed by atoms with Crippen LogP contribution in [0.3, 0.4) is 0 Å². The number of likely N-dealkylation sites (N-methyl/N-ethyl adjacent to an activating group) is 1. The Morgan fingerprint density at radius 1 is 1.32 bits per heavy atom. The maximum absolute atomic E-state index is 13.3. The van der Waals surface area contributed by atoms with Gasteiger partial charge in [0.25, 0.3) is 5.91 Å². The number of ether oxygens (including phenoxy) is 1. The van der Waals surface area contributed by atoms with E-state index in [9.17, 15) is 14.0 Å². The molecule has 2 aromatic rings. The molecule has 7 heteroatoms. The molecule has 0 atom stereocenters. The summed E-state index contributed by atoms with van der Waals surface area (Å²) in [6.07, 6.45) is 0. The van der Waals surface area contributed by atoms with Crippen LogP contribution in [0.2, 0.25) is 5.02 Å². The zero-order valence-corrected chi connectivity index (χ0v) is 12.7. The first-order valence-electron chi connectivity index (χ1n) is 6.29. The molecule has 0 aliphatic rings. The SMILES string of the molecule is COC(=O)CN(C)C(=O)c1ccc(-c2cc(F)cc(Cl)c2)o1. The number of amides is 1. The number of hydrogen-bond donors (Lipinski definition) is 0. The highest BCUT2D eigenvalue weighted by Gasteiger charge is 2.19. The minimum atomic E-state index is -0.542. The zero-order chi connectivity index (χ0) is 16.3. The highest BCUT2D eigenvalue weighted by molar-refractivity contribution is 6.30. The van der Waals surface area contributed by atoms with Crippen LogP contribution in [0.1, 0.15) is 10.6 Å². The molecule has 1 aromatic carbocycles. The van der Waals surface area contributed by atoms with Crippen LogP contribution < -0.4 is 0 Å². The van der Waals surface area contributed by atoms with E-state index < -0.39 is 17.7 Å². The third-order valence-electron chi connectivity index (χ3n) is 2.90. The summed E-state index contributed by atoms with van der Waals surface area (Å²) in [6, 6.07) is 6.92. The number of methoxy groups -OCH3 is 1. The molecule has 0 saturated carbocycles. The lowest BCUT2D eigenvalue weighted by atomic mass is 10.2. The van der Waals surface area contributed by atoms with Crippen molar-refractivity contribution in [1.82, 2.24) is 4.90 Å². The molecular weight excluding hydrogens is 313 g/mol. The Kier molecular flexibility index (Phi) is 4.82. The van der Waals surface area contributed by atoms with Crippen molar-refractivity contribution in [2.75, 3.05) is 20.7 Å². The van der Waals surface area contributed by atoms with Crippen molar-refractivity contribution in [3.05, 3.63) is 46.9 Å². The fraction of sp³-hybridized carbons (Fsp3) is 0.200. The van der Waals surface area contributed by atoms with Gasteiger partial charge in [-0.15, -0.1) is 0 Å². The van der Waals surface area contributed by atoms with Crippen molar-refractivity contribution in [1.29, 1.82) is 0 Å². The molecule has 0 fully saturated rings. The zero-order valence-electron chi connectivity index (χ0n) is 11.9. The Morgan fingerprint density at radius 2 is 2.05 bits per heavy atom. The Balaban J connectivity index is 2.20. The van der Waals surface area contributed by atoms with Crippen LogP contribution in [0.15, 0.2) is 34.7 Å². The summed E-state index contributed by atoms with van der Waals surface area (Å²) >= 11 is 5.78. The van der Waals surface area contributed by atoms with Crippen LogP contribution in [0, 0.1) is 5.82 Å². The predicted molar refractivity (Wildman–Crippen MR) is 78.1 cm³/mol. The van der Waals surface area contributed by atoms with Crippen molar-refractivity contribution in [2.24, 2.45) is 0 Å². The highest BCUT2D eigenvalue weighted by atomic mass is 35.5. The number of carbonyl (C=O) groups is 2. The molecule has 0 spiro atoms. The van der Waals surface area contributed by atoms with E-state index in [1.54, 1.807) is 0 Å². The lowest BCUT2D eigenvalue weighted by molar-refractivity contribution is -0.141. The first kappa shape index (κ1) is 16.0. The molecular formula is C15H13ClFNO4. The molecule has 1 aromatic heterocycles. The fourth-order valence-electron chi connectivity index (χ4n) is 1.82. The van der Waals surface area contributed by atoms with Crippen LogP contribution in [-0.4, -0.2) is 37.5 Å². The van der Waals surface area contributed by atoms with E-state index in [2.05, 4.69) is 4.74 Å². The first-order chi connectivity index (χ1) is 10.4. The van der Waals surface area contributed by atoms with E-state index in [4.69, 9.17) is 16.0 Å². The standard InChI is InChI=1S/C15H13ClFNO4/c1-18(8-14(19)21-2)15(20)13-4-3-12(22-13)9-5-10(16)7-11(17)6-9/h3-7H,8H2,1-2H3. The number of esters is 1. The van der Waals surface area contributed by atoms with E-state index in [0.29, 0.717) is 11.3 Å². The molecule has 0 bridgehead atoms. The van der Waals surface area contributed by atoms with Gasteiger partial charge < -0.3 is 14.1 Å². The molecule has 0 aliphatic carbocycles. The van der Waals surface area contributed by atoms with Gasteiger partial charge in [0.1, 0.15) is 18.1 Å². The maximum atomic E-state index is 13.3. The van der Waals surface area contributed by atoms with Crippen LogP contribution >= 0.6 is 11.6 Å². The van der Waals surface area contributed by atoms with Gasteiger partial charge in [0, 0.05) is 17.6 Å². The number of halogens is 2. The molecule has 0 radical (unpaired) electrons. The summed E-state index contributed by atoms with van der Waals surface area (Å²) in [7, 11) is 2.68. The fourth-order valence-corrected chi connectivity index (χ4v) is 2.04. The number of nitrogens with zero attached hydrogens (tertiary/aromatic N) is 1. The minimum Gasteiger partial charge on any atom is -0.468 e. The van der Waals surface area contributed by atoms with E-state index in [-0.39, 0.29) is 17.3 Å². The molecule has 5 nitrogen and oxygen atoms in total. The summed E-state index contributed by atoms with van der Waals surface area (Å²) in [5.74, 6) is -1.20. The van der Waals surface area contributed by atoms with Crippen LogP contribution in [0.4, 0.5) is 4.39 Å². The third kappa shape index (κ3) is 3.65. The molecule has 0 saturated heterocycles. The summed E-state index contributed by atoms with van der Waals surface area (Å²) in [5, 5.41) is 0.224. The van der Waals surface area contributed by atoms with Crippen LogP contribution in [0.5, 0.6) is 0 Å². The Labute approximate surface area is 131 Å². The minimum absolute atomic E-state index is 0.0294. The van der Waals surface area contributed by atoms with Gasteiger partial charge in [-0.1, -0.05) is 11.6 Å². The second-order valence-corrected chi connectivity index (χ2v) is 5.00. The van der Waals surface area contributed by atoms with Gasteiger partial charge in [0.05, 0.1) is 7.11 Å². The number of carbonyl (C=O) groups excluding carboxylic acids is 2. The van der Waals surface area contributed by atoms with E-state index in [1.807, 2.05) is 0 Å². The van der Waals surface area contributed by atoms with E-state index in [1.165, 1.54) is 44.5 Å². The third-order valence-corrected chi connectivity index (χ3v) is 3.12. The summed E-state index contributed by atoms with van der Waals surface area (Å²) in [5.41, 5.74) is 0.416. The molecule has 1 amide bonds. The van der Waals surface area contributed by atoms with Crippen molar-refractivity contribution < 1.29 is 23.1 Å². The largest absolute Gasteiger partial charge is 0.468 e. The number of furan rings is 1. The van der Waals surface area contributed by atoms with Gasteiger partial charge in [-0.3, -0.25) is 9.59 Å². The second kappa shape index (κ2) is 6.62. The molecule has 22 heavy (non-hydrogen) atoms. The Morgan fingerprint density at radius 3 is 2.68 bits per heavy atom. The van der Waals surface area contributed by atoms with Crippen LogP contribution in [0.25, 0.3) is 11.3 Å². The van der Waals surface area contributed by atoms with E-state index >= 15 is 0 Å². The number of benzene rings is 1. The monoisotopic (exact) mass is 325 g/mol. The average Bonchev–Trinajstić information content (AvgIpc) is 2.95.